The Bertz CT molecular complexity index is 349. The molecule has 2 atom stereocenters. The third kappa shape index (κ3) is 10.0. The van der Waals surface area contributed by atoms with Crippen LogP contribution in [0.4, 0.5) is 0 Å². The van der Waals surface area contributed by atoms with E-state index in [9.17, 15) is 9.59 Å². The summed E-state index contributed by atoms with van der Waals surface area (Å²) in [5.74, 6) is -1.06. The molecule has 0 aromatic heterocycles. The molecule has 0 aromatic rings. The summed E-state index contributed by atoms with van der Waals surface area (Å²) in [7, 11) is 0. The molecule has 4 N–H and O–H groups in total. The second-order valence-electron chi connectivity index (χ2n) is 3.92. The van der Waals surface area contributed by atoms with Crippen LogP contribution in [0.25, 0.3) is 0 Å². The van der Waals surface area contributed by atoms with E-state index < -0.39 is 22.8 Å². The van der Waals surface area contributed by atoms with E-state index in [0.29, 0.717) is 11.4 Å². The van der Waals surface area contributed by atoms with Gasteiger partial charge >= 0.3 is 11.9 Å². The fourth-order valence-corrected chi connectivity index (χ4v) is 1.93. The van der Waals surface area contributed by atoms with E-state index in [1.807, 2.05) is 0 Å². The van der Waals surface area contributed by atoms with Gasteiger partial charge in [0.25, 0.3) is 0 Å². The maximum absolute atomic E-state index is 11.3. The van der Waals surface area contributed by atoms with Crippen LogP contribution < -0.4 is 11.5 Å². The molecule has 2 unspecified atom stereocenters. The molecule has 108 valence electrons. The molecule has 0 radical (unpaired) electrons. The fraction of sp³-hybridized carbons (Fsp3) is 0.500. The van der Waals surface area contributed by atoms with Crippen molar-refractivity contribution in [2.75, 3.05) is 0 Å². The number of nitrogens with two attached hydrogens (primary N) is 2. The van der Waals surface area contributed by atoms with E-state index in [1.165, 1.54) is 23.9 Å². The van der Waals surface area contributed by atoms with E-state index in [4.69, 9.17) is 20.9 Å². The van der Waals surface area contributed by atoms with Gasteiger partial charge in [-0.2, -0.15) is 0 Å². The van der Waals surface area contributed by atoms with Crippen LogP contribution in [0.5, 0.6) is 0 Å². The molecule has 0 aliphatic carbocycles. The van der Waals surface area contributed by atoms with Crippen LogP contribution in [0.15, 0.2) is 23.5 Å². The van der Waals surface area contributed by atoms with Crippen LogP contribution in [-0.4, -0.2) is 22.8 Å². The lowest BCUT2D eigenvalue weighted by Crippen LogP contribution is -2.17. The molecule has 0 aliphatic rings. The molecule has 7 heteroatoms. The van der Waals surface area contributed by atoms with Crippen molar-refractivity contribution < 1.29 is 19.1 Å². The van der Waals surface area contributed by atoms with Crippen molar-refractivity contribution in [3.63, 3.8) is 0 Å². The first-order valence-electron chi connectivity index (χ1n) is 5.65. The number of thioether (sulfide) groups is 1. The number of carbonyl (C=O) groups is 2. The molecule has 0 saturated carbocycles. The lowest BCUT2D eigenvalue weighted by molar-refractivity contribution is -0.138. The first-order chi connectivity index (χ1) is 8.70. The summed E-state index contributed by atoms with van der Waals surface area (Å²) < 4.78 is 10.1. The highest BCUT2D eigenvalue weighted by Crippen LogP contribution is 2.20. The summed E-state index contributed by atoms with van der Waals surface area (Å²) in [6.45, 7) is 6.53. The highest BCUT2D eigenvalue weighted by molar-refractivity contribution is 8.00. The molecule has 6 nitrogen and oxygen atoms in total. The largest absolute Gasteiger partial charge is 0.448 e. The summed E-state index contributed by atoms with van der Waals surface area (Å²) in [5.41, 5.74) is 10.5. The van der Waals surface area contributed by atoms with Crippen LogP contribution in [0.2, 0.25) is 0 Å². The first kappa shape index (κ1) is 17.4. The van der Waals surface area contributed by atoms with Crippen molar-refractivity contribution in [1.29, 1.82) is 0 Å². The highest BCUT2D eigenvalue weighted by Gasteiger charge is 2.15. The van der Waals surface area contributed by atoms with Gasteiger partial charge in [0.1, 0.15) is 10.9 Å². The molecule has 0 rings (SSSR count). The molecule has 0 aromatic carbocycles. The van der Waals surface area contributed by atoms with Crippen molar-refractivity contribution in [3.8, 4) is 0 Å². The van der Waals surface area contributed by atoms with Gasteiger partial charge in [-0.3, -0.25) is 0 Å². The molecule has 0 amide bonds. The Kier molecular flexibility index (Phi) is 7.74. The predicted octanol–water partition coefficient (Wildman–Crippen LogP) is 1.22. The Morgan fingerprint density at radius 2 is 1.26 bits per heavy atom. The van der Waals surface area contributed by atoms with Crippen LogP contribution in [-0.2, 0) is 19.1 Å². The van der Waals surface area contributed by atoms with Gasteiger partial charge in [0.2, 0.25) is 0 Å². The minimum atomic E-state index is -0.531. The highest BCUT2D eigenvalue weighted by atomic mass is 32.2. The summed E-state index contributed by atoms with van der Waals surface area (Å²) in [4.78, 5) is 22.6. The normalized spacial score (nSPS) is 15.6. The average molecular weight is 288 g/mol. The van der Waals surface area contributed by atoms with Crippen LogP contribution in [0, 0.1) is 0 Å². The number of hydrogen-bond donors (Lipinski definition) is 2. The third-order valence-electron chi connectivity index (χ3n) is 1.64. The lowest BCUT2D eigenvalue weighted by atomic mass is 10.4. The van der Waals surface area contributed by atoms with E-state index >= 15 is 0 Å². The molecular weight excluding hydrogens is 268 g/mol. The Morgan fingerprint density at radius 1 is 0.947 bits per heavy atom. The van der Waals surface area contributed by atoms with E-state index in [2.05, 4.69) is 0 Å². The van der Waals surface area contributed by atoms with Gasteiger partial charge in [-0.05, 0) is 27.7 Å². The zero-order valence-corrected chi connectivity index (χ0v) is 12.3. The van der Waals surface area contributed by atoms with Gasteiger partial charge in [-0.25, -0.2) is 9.59 Å². The summed E-state index contributed by atoms with van der Waals surface area (Å²) in [5, 5.41) is 0. The topological polar surface area (TPSA) is 105 Å². The molecule has 0 saturated heterocycles. The van der Waals surface area contributed by atoms with Crippen molar-refractivity contribution in [1.82, 2.24) is 0 Å². The summed E-state index contributed by atoms with van der Waals surface area (Å²) in [6, 6.07) is 0. The van der Waals surface area contributed by atoms with Crippen LogP contribution in [0.1, 0.15) is 27.7 Å². The standard InChI is InChI=1S/C12H20N2O4S/c1-7(13)5-11(15)17-9(3)19-10(4)18-12(16)6-8(2)14/h5-6,9-10H,13-14H2,1-4H3. The lowest BCUT2D eigenvalue weighted by Gasteiger charge is -2.16. The number of hydrogen-bond acceptors (Lipinski definition) is 7. The SMILES string of the molecule is CC(N)=CC(=O)OC(C)SC(C)OC(=O)C=C(C)N. The van der Waals surface area contributed by atoms with E-state index in [-0.39, 0.29) is 0 Å². The predicted molar refractivity (Wildman–Crippen MR) is 74.6 cm³/mol. The zero-order valence-electron chi connectivity index (χ0n) is 11.5. The molecular formula is C12H20N2O4S. The van der Waals surface area contributed by atoms with Gasteiger partial charge in [-0.15, -0.1) is 0 Å². The van der Waals surface area contributed by atoms with Gasteiger partial charge in [0, 0.05) is 23.5 Å². The number of carbonyl (C=O) groups excluding carboxylic acids is 2. The average Bonchev–Trinajstić information content (AvgIpc) is 2.12. The Balaban J connectivity index is 4.16. The molecule has 0 spiro atoms. The fourth-order valence-electron chi connectivity index (χ4n) is 1.09. The first-order valence-corrected chi connectivity index (χ1v) is 6.59. The number of rotatable bonds is 6. The molecule has 0 aliphatic heterocycles. The van der Waals surface area contributed by atoms with E-state index in [1.54, 1.807) is 27.7 Å². The minimum absolute atomic E-state index is 0.366. The monoisotopic (exact) mass is 288 g/mol. The van der Waals surface area contributed by atoms with Gasteiger partial charge in [-0.1, -0.05) is 11.8 Å². The maximum Gasteiger partial charge on any atom is 0.333 e. The van der Waals surface area contributed by atoms with Gasteiger partial charge in [0.15, 0.2) is 0 Å². The van der Waals surface area contributed by atoms with Crippen molar-refractivity contribution in [2.45, 2.75) is 38.6 Å². The smallest absolute Gasteiger partial charge is 0.333 e. The molecule has 0 heterocycles. The van der Waals surface area contributed by atoms with Gasteiger partial charge < -0.3 is 20.9 Å². The van der Waals surface area contributed by atoms with Crippen molar-refractivity contribution >= 4 is 23.7 Å². The van der Waals surface area contributed by atoms with Crippen molar-refractivity contribution in [3.05, 3.63) is 23.5 Å². The van der Waals surface area contributed by atoms with Crippen LogP contribution in [0.3, 0.4) is 0 Å². The second kappa shape index (κ2) is 8.47. The summed E-state index contributed by atoms with van der Waals surface area (Å²) >= 11 is 1.18. The Morgan fingerprint density at radius 3 is 1.53 bits per heavy atom. The number of allylic oxidation sites excluding steroid dienone is 2. The van der Waals surface area contributed by atoms with Crippen molar-refractivity contribution in [2.24, 2.45) is 11.5 Å². The molecule has 19 heavy (non-hydrogen) atoms. The quantitative estimate of drug-likeness (QED) is 0.430. The number of ether oxygens (including phenoxy) is 2. The maximum atomic E-state index is 11.3. The Labute approximate surface area is 117 Å². The third-order valence-corrected chi connectivity index (χ3v) is 2.60. The van der Waals surface area contributed by atoms with Crippen LogP contribution >= 0.6 is 11.8 Å². The Hall–Kier alpha value is -1.63. The van der Waals surface area contributed by atoms with Gasteiger partial charge in [0.05, 0.1) is 0 Å². The summed E-state index contributed by atoms with van der Waals surface area (Å²) in [6.07, 6.45) is 2.38. The van der Waals surface area contributed by atoms with E-state index in [0.717, 1.165) is 0 Å². The zero-order chi connectivity index (χ0) is 15.0. The minimum Gasteiger partial charge on any atom is -0.448 e. The molecule has 0 fully saturated rings. The molecule has 0 bridgehead atoms. The number of esters is 2. The second-order valence-corrected chi connectivity index (χ2v) is 5.52.